The van der Waals surface area contributed by atoms with Gasteiger partial charge in [-0.2, -0.15) is 0 Å². The second kappa shape index (κ2) is 12.3. The highest BCUT2D eigenvalue weighted by Crippen LogP contribution is 2.03. The van der Waals surface area contributed by atoms with Gasteiger partial charge in [-0.3, -0.25) is 4.79 Å². The van der Waals surface area contributed by atoms with Crippen LogP contribution in [0.3, 0.4) is 0 Å². The maximum absolute atomic E-state index is 11.8. The summed E-state index contributed by atoms with van der Waals surface area (Å²) in [7, 11) is 0. The van der Waals surface area contributed by atoms with Crippen molar-refractivity contribution in [2.75, 3.05) is 26.4 Å². The molecule has 0 saturated heterocycles. The lowest BCUT2D eigenvalue weighted by molar-refractivity contribution is -0.161. The van der Waals surface area contributed by atoms with Gasteiger partial charge in [0.05, 0.1) is 13.2 Å². The zero-order valence-corrected chi connectivity index (χ0v) is 14.6. The molecular weight excluding hydrogens is 316 g/mol. The summed E-state index contributed by atoms with van der Waals surface area (Å²) in [6.07, 6.45) is -0.301. The zero-order valence-electron chi connectivity index (χ0n) is 14.6. The Bertz CT molecular complexity index is 468. The molecule has 24 heavy (non-hydrogen) atoms. The number of hydrogen-bond donors (Lipinski definition) is 0. The third-order valence-electron chi connectivity index (χ3n) is 2.66. The van der Waals surface area contributed by atoms with Crippen molar-refractivity contribution in [1.82, 2.24) is 0 Å². The van der Waals surface area contributed by atoms with E-state index in [1.165, 1.54) is 6.92 Å². The molecule has 0 amide bonds. The molecule has 0 fully saturated rings. The van der Waals surface area contributed by atoms with Gasteiger partial charge in [-0.1, -0.05) is 13.2 Å². The van der Waals surface area contributed by atoms with Crippen LogP contribution >= 0.6 is 0 Å². The number of carbonyl (C=O) groups excluding carboxylic acids is 3. The molecule has 7 heteroatoms. The maximum atomic E-state index is 11.8. The third-order valence-corrected chi connectivity index (χ3v) is 2.66. The predicted octanol–water partition coefficient (Wildman–Crippen LogP) is 1.95. The first-order chi connectivity index (χ1) is 11.3. The van der Waals surface area contributed by atoms with Crippen molar-refractivity contribution in [2.24, 2.45) is 0 Å². The molecule has 0 heterocycles. The highest BCUT2D eigenvalue weighted by molar-refractivity contribution is 5.87. The first kappa shape index (κ1) is 21.9. The van der Waals surface area contributed by atoms with Gasteiger partial charge in [0.15, 0.2) is 6.10 Å². The molecule has 136 valence electrons. The number of rotatable bonds is 12. The summed E-state index contributed by atoms with van der Waals surface area (Å²) in [5.74, 6) is -1.54. The molecule has 0 saturated carbocycles. The Hall–Kier alpha value is -2.15. The molecule has 0 aliphatic heterocycles. The number of ether oxygens (including phenoxy) is 4. The molecule has 1 atom stereocenters. The second-order valence-corrected chi connectivity index (χ2v) is 5.17. The largest absolute Gasteiger partial charge is 0.462 e. The van der Waals surface area contributed by atoms with Crippen LogP contribution in [0.5, 0.6) is 0 Å². The van der Waals surface area contributed by atoms with Crippen molar-refractivity contribution in [3.63, 3.8) is 0 Å². The Morgan fingerprint density at radius 2 is 1.54 bits per heavy atom. The normalized spacial score (nSPS) is 11.3. The van der Waals surface area contributed by atoms with Gasteiger partial charge < -0.3 is 18.9 Å². The van der Waals surface area contributed by atoms with Crippen molar-refractivity contribution >= 4 is 17.9 Å². The average Bonchev–Trinajstić information content (AvgIpc) is 2.53. The summed E-state index contributed by atoms with van der Waals surface area (Å²) < 4.78 is 20.3. The molecular formula is C17H26O7. The van der Waals surface area contributed by atoms with Gasteiger partial charge >= 0.3 is 17.9 Å². The van der Waals surface area contributed by atoms with E-state index in [9.17, 15) is 14.4 Å². The van der Waals surface area contributed by atoms with E-state index in [2.05, 4.69) is 13.2 Å². The summed E-state index contributed by atoms with van der Waals surface area (Å²) in [5, 5.41) is 0. The van der Waals surface area contributed by atoms with Crippen LogP contribution in [-0.2, 0) is 33.3 Å². The van der Waals surface area contributed by atoms with Gasteiger partial charge in [0.2, 0.25) is 0 Å². The quantitative estimate of drug-likeness (QED) is 0.232. The summed E-state index contributed by atoms with van der Waals surface area (Å²) in [6, 6.07) is 0. The van der Waals surface area contributed by atoms with Crippen molar-refractivity contribution < 1.29 is 33.3 Å². The van der Waals surface area contributed by atoms with Crippen LogP contribution in [0, 0.1) is 0 Å². The Morgan fingerprint density at radius 1 is 0.958 bits per heavy atom. The van der Waals surface area contributed by atoms with E-state index in [-0.39, 0.29) is 31.8 Å². The summed E-state index contributed by atoms with van der Waals surface area (Å²) in [5.41, 5.74) is 0.560. The summed E-state index contributed by atoms with van der Waals surface area (Å²) in [6.45, 7) is 12.4. The smallest absolute Gasteiger partial charge is 0.333 e. The average molecular weight is 342 g/mol. The topological polar surface area (TPSA) is 88.1 Å². The van der Waals surface area contributed by atoms with Gasteiger partial charge in [0, 0.05) is 24.2 Å². The van der Waals surface area contributed by atoms with Crippen molar-refractivity contribution in [1.29, 1.82) is 0 Å². The van der Waals surface area contributed by atoms with Crippen LogP contribution < -0.4 is 0 Å². The monoisotopic (exact) mass is 342 g/mol. The predicted molar refractivity (Wildman–Crippen MR) is 87.2 cm³/mol. The van der Waals surface area contributed by atoms with E-state index in [4.69, 9.17) is 18.9 Å². The van der Waals surface area contributed by atoms with E-state index < -0.39 is 24.0 Å². The minimum absolute atomic E-state index is 0.0700. The molecule has 0 N–H and O–H groups in total. The van der Waals surface area contributed by atoms with Crippen LogP contribution in [0.15, 0.2) is 24.3 Å². The van der Waals surface area contributed by atoms with E-state index >= 15 is 0 Å². The first-order valence-electron chi connectivity index (χ1n) is 7.70. The van der Waals surface area contributed by atoms with E-state index in [1.54, 1.807) is 13.8 Å². The molecule has 0 aromatic carbocycles. The van der Waals surface area contributed by atoms with Crippen LogP contribution in [0.4, 0.5) is 0 Å². The summed E-state index contributed by atoms with van der Waals surface area (Å²) >= 11 is 0. The van der Waals surface area contributed by atoms with Gasteiger partial charge in [-0.05, 0) is 27.2 Å². The lowest BCUT2D eigenvalue weighted by atomic mass is 10.3. The lowest BCUT2D eigenvalue weighted by Gasteiger charge is -2.18. The van der Waals surface area contributed by atoms with E-state index in [0.717, 1.165) is 0 Å². The fraction of sp³-hybridized carbons (Fsp3) is 0.588. The van der Waals surface area contributed by atoms with Crippen molar-refractivity contribution in [3.05, 3.63) is 24.3 Å². The number of hydrogen-bond acceptors (Lipinski definition) is 7. The van der Waals surface area contributed by atoms with Crippen LogP contribution in [0.1, 0.15) is 33.6 Å². The first-order valence-corrected chi connectivity index (χ1v) is 7.70. The van der Waals surface area contributed by atoms with Crippen LogP contribution in [0.25, 0.3) is 0 Å². The summed E-state index contributed by atoms with van der Waals surface area (Å²) in [4.78, 5) is 34.3. The fourth-order valence-electron chi connectivity index (χ4n) is 1.41. The highest BCUT2D eigenvalue weighted by Gasteiger charge is 2.17. The molecule has 0 spiro atoms. The SMILES string of the molecule is C=C(C)C(=O)OCCCC(=O)OC(COCC)COC(=O)C(=C)C. The molecule has 0 radical (unpaired) electrons. The molecule has 1 unspecified atom stereocenters. The Balaban J connectivity index is 4.18. The molecule has 0 aromatic heterocycles. The fourth-order valence-corrected chi connectivity index (χ4v) is 1.41. The number of esters is 3. The molecule has 0 bridgehead atoms. The Morgan fingerprint density at radius 3 is 2.08 bits per heavy atom. The van der Waals surface area contributed by atoms with Crippen molar-refractivity contribution in [3.8, 4) is 0 Å². The van der Waals surface area contributed by atoms with Crippen molar-refractivity contribution in [2.45, 2.75) is 39.7 Å². The minimum Gasteiger partial charge on any atom is -0.462 e. The molecule has 0 aliphatic rings. The molecule has 7 nitrogen and oxygen atoms in total. The second-order valence-electron chi connectivity index (χ2n) is 5.17. The standard InChI is InChI=1S/C17H26O7/c1-6-21-10-14(11-23-17(20)13(4)5)24-15(18)8-7-9-22-16(19)12(2)3/h14H,2,4,6-11H2,1,3,5H3. The lowest BCUT2D eigenvalue weighted by Crippen LogP contribution is -2.30. The number of carbonyl (C=O) groups is 3. The molecule has 0 aromatic rings. The maximum Gasteiger partial charge on any atom is 0.333 e. The van der Waals surface area contributed by atoms with Gasteiger partial charge in [-0.25, -0.2) is 9.59 Å². The molecule has 0 aliphatic carbocycles. The Labute approximate surface area is 142 Å². The van der Waals surface area contributed by atoms with Gasteiger partial charge in [-0.15, -0.1) is 0 Å². The zero-order chi connectivity index (χ0) is 18.5. The highest BCUT2D eigenvalue weighted by atomic mass is 16.6. The third kappa shape index (κ3) is 10.6. The van der Waals surface area contributed by atoms with E-state index in [1.807, 2.05) is 0 Å². The van der Waals surface area contributed by atoms with Crippen LogP contribution in [-0.4, -0.2) is 50.4 Å². The van der Waals surface area contributed by atoms with E-state index in [0.29, 0.717) is 18.6 Å². The molecule has 0 rings (SSSR count). The van der Waals surface area contributed by atoms with Gasteiger partial charge in [0.1, 0.15) is 6.61 Å². The minimum atomic E-state index is -0.696. The Kier molecular flexibility index (Phi) is 11.2. The van der Waals surface area contributed by atoms with Crippen LogP contribution in [0.2, 0.25) is 0 Å². The van der Waals surface area contributed by atoms with Gasteiger partial charge in [0.25, 0.3) is 0 Å².